The maximum absolute atomic E-state index is 6.56. The van der Waals surface area contributed by atoms with Crippen LogP contribution in [0.5, 0.6) is 0 Å². The molecule has 24 heavy (non-hydrogen) atoms. The number of para-hydroxylation sites is 1. The van der Waals surface area contributed by atoms with Crippen molar-refractivity contribution >= 4 is 28.9 Å². The Hall–Kier alpha value is -1.18. The first-order valence-corrected chi connectivity index (χ1v) is 9.77. The summed E-state index contributed by atoms with van der Waals surface area (Å²) in [6.45, 7) is 0. The fourth-order valence-electron chi connectivity index (χ4n) is 3.77. The summed E-state index contributed by atoms with van der Waals surface area (Å²) in [7, 11) is 0. The zero-order chi connectivity index (χ0) is 16.8. The van der Waals surface area contributed by atoms with E-state index in [1.54, 1.807) is 0 Å². The van der Waals surface area contributed by atoms with Gasteiger partial charge < -0.3 is 5.32 Å². The Kier molecular flexibility index (Phi) is 6.45. The summed E-state index contributed by atoms with van der Waals surface area (Å²) >= 11 is 13.1. The minimum atomic E-state index is 0.159. The van der Waals surface area contributed by atoms with Gasteiger partial charge in [-0.1, -0.05) is 79.6 Å². The SMILES string of the molecule is Clc1cccc(Cl)c1C(Nc1ccccc1)C1CCCCCCC1. The molecule has 0 aromatic heterocycles. The van der Waals surface area contributed by atoms with E-state index in [4.69, 9.17) is 23.2 Å². The number of nitrogens with one attached hydrogen (secondary N) is 1. The van der Waals surface area contributed by atoms with Crippen molar-refractivity contribution in [2.24, 2.45) is 5.92 Å². The van der Waals surface area contributed by atoms with Gasteiger partial charge in [0, 0.05) is 21.3 Å². The summed E-state index contributed by atoms with van der Waals surface area (Å²) in [5.74, 6) is 0.558. The molecule has 1 unspecified atom stereocenters. The molecule has 3 heteroatoms. The Morgan fingerprint density at radius 3 is 1.96 bits per heavy atom. The van der Waals surface area contributed by atoms with Crippen molar-refractivity contribution in [2.75, 3.05) is 5.32 Å². The highest BCUT2D eigenvalue weighted by Crippen LogP contribution is 2.41. The standard InChI is InChI=1S/C21H25Cl2N/c22-18-14-9-15-19(23)20(18)21(24-17-12-7-4-8-13-17)16-10-5-2-1-3-6-11-16/h4,7-9,12-16,21,24H,1-3,5-6,10-11H2. The molecule has 1 aliphatic rings. The first-order valence-electron chi connectivity index (χ1n) is 9.01. The van der Waals surface area contributed by atoms with Crippen LogP contribution in [0.25, 0.3) is 0 Å². The summed E-state index contributed by atoms with van der Waals surface area (Å²) in [5, 5.41) is 5.25. The van der Waals surface area contributed by atoms with Gasteiger partial charge >= 0.3 is 0 Å². The molecule has 0 heterocycles. The van der Waals surface area contributed by atoms with Gasteiger partial charge in [0.25, 0.3) is 0 Å². The van der Waals surface area contributed by atoms with Crippen LogP contribution in [0.15, 0.2) is 48.5 Å². The number of halogens is 2. The van der Waals surface area contributed by atoms with Gasteiger partial charge in [-0.05, 0) is 43.0 Å². The lowest BCUT2D eigenvalue weighted by Gasteiger charge is -2.32. The van der Waals surface area contributed by atoms with Crippen molar-refractivity contribution in [1.29, 1.82) is 0 Å². The lowest BCUT2D eigenvalue weighted by Crippen LogP contribution is -2.23. The topological polar surface area (TPSA) is 12.0 Å². The second-order valence-electron chi connectivity index (χ2n) is 6.73. The Bertz CT molecular complexity index is 613. The second-order valence-corrected chi connectivity index (χ2v) is 7.54. The molecule has 1 atom stereocenters. The van der Waals surface area contributed by atoms with E-state index < -0.39 is 0 Å². The molecular weight excluding hydrogens is 337 g/mol. The largest absolute Gasteiger partial charge is 0.378 e. The van der Waals surface area contributed by atoms with Gasteiger partial charge in [-0.25, -0.2) is 0 Å². The summed E-state index contributed by atoms with van der Waals surface area (Å²) < 4.78 is 0. The van der Waals surface area contributed by atoms with Crippen LogP contribution >= 0.6 is 23.2 Å². The molecule has 0 bridgehead atoms. The van der Waals surface area contributed by atoms with E-state index in [2.05, 4.69) is 29.6 Å². The van der Waals surface area contributed by atoms with Gasteiger partial charge in [0.1, 0.15) is 0 Å². The summed E-state index contributed by atoms with van der Waals surface area (Å²) in [6.07, 6.45) is 9.09. The number of hydrogen-bond acceptors (Lipinski definition) is 1. The monoisotopic (exact) mass is 361 g/mol. The summed E-state index contributed by atoms with van der Waals surface area (Å²) in [6, 6.07) is 16.4. The molecule has 128 valence electrons. The first-order chi connectivity index (χ1) is 11.8. The highest BCUT2D eigenvalue weighted by Gasteiger charge is 2.27. The molecule has 1 nitrogen and oxygen atoms in total. The highest BCUT2D eigenvalue weighted by atomic mass is 35.5. The molecule has 1 N–H and O–H groups in total. The molecule has 2 aromatic carbocycles. The van der Waals surface area contributed by atoms with Gasteiger partial charge in [0.15, 0.2) is 0 Å². The second kappa shape index (κ2) is 8.78. The summed E-state index contributed by atoms with van der Waals surface area (Å²) in [5.41, 5.74) is 2.18. The third-order valence-corrected chi connectivity index (χ3v) is 5.69. The minimum Gasteiger partial charge on any atom is -0.378 e. The van der Waals surface area contributed by atoms with E-state index in [-0.39, 0.29) is 6.04 Å². The smallest absolute Gasteiger partial charge is 0.0571 e. The summed E-state index contributed by atoms with van der Waals surface area (Å²) in [4.78, 5) is 0. The van der Waals surface area contributed by atoms with E-state index in [9.17, 15) is 0 Å². The van der Waals surface area contributed by atoms with E-state index in [0.29, 0.717) is 5.92 Å². The Labute approximate surface area is 155 Å². The van der Waals surface area contributed by atoms with Crippen LogP contribution in [0.1, 0.15) is 56.6 Å². The lowest BCUT2D eigenvalue weighted by atomic mass is 9.82. The van der Waals surface area contributed by atoms with Crippen LogP contribution in [0, 0.1) is 5.92 Å². The average molecular weight is 362 g/mol. The third-order valence-electron chi connectivity index (χ3n) is 5.03. The number of benzene rings is 2. The highest BCUT2D eigenvalue weighted by molar-refractivity contribution is 6.36. The maximum Gasteiger partial charge on any atom is 0.0571 e. The van der Waals surface area contributed by atoms with Crippen LogP contribution in [0.4, 0.5) is 5.69 Å². The van der Waals surface area contributed by atoms with Crippen molar-refractivity contribution in [3.63, 3.8) is 0 Å². The molecule has 0 amide bonds. The quantitative estimate of drug-likeness (QED) is 0.593. The van der Waals surface area contributed by atoms with Gasteiger partial charge in [0.2, 0.25) is 0 Å². The normalized spacial score (nSPS) is 17.8. The molecule has 3 rings (SSSR count). The van der Waals surface area contributed by atoms with E-state index in [1.807, 2.05) is 24.3 Å². The first kappa shape index (κ1) is 17.6. The Balaban J connectivity index is 1.93. The predicted octanol–water partition coefficient (Wildman–Crippen LogP) is 7.51. The maximum atomic E-state index is 6.56. The van der Waals surface area contributed by atoms with Crippen molar-refractivity contribution in [1.82, 2.24) is 0 Å². The fraction of sp³-hybridized carbons (Fsp3) is 0.429. The molecule has 1 saturated carbocycles. The van der Waals surface area contributed by atoms with Crippen LogP contribution < -0.4 is 5.32 Å². The third kappa shape index (κ3) is 4.46. The molecule has 1 fully saturated rings. The minimum absolute atomic E-state index is 0.159. The Morgan fingerprint density at radius 2 is 1.33 bits per heavy atom. The van der Waals surface area contributed by atoms with Crippen LogP contribution in [0.3, 0.4) is 0 Å². The van der Waals surface area contributed by atoms with Crippen LogP contribution in [-0.4, -0.2) is 0 Å². The van der Waals surface area contributed by atoms with Gasteiger partial charge in [-0.2, -0.15) is 0 Å². The average Bonchev–Trinajstić information content (AvgIpc) is 2.55. The Morgan fingerprint density at radius 1 is 0.750 bits per heavy atom. The van der Waals surface area contributed by atoms with E-state index in [0.717, 1.165) is 21.3 Å². The predicted molar refractivity (Wildman–Crippen MR) is 105 cm³/mol. The van der Waals surface area contributed by atoms with E-state index >= 15 is 0 Å². The van der Waals surface area contributed by atoms with Crippen molar-refractivity contribution in [3.8, 4) is 0 Å². The fourth-order valence-corrected chi connectivity index (χ4v) is 4.40. The van der Waals surface area contributed by atoms with Crippen LogP contribution in [0.2, 0.25) is 10.0 Å². The number of hydrogen-bond donors (Lipinski definition) is 1. The molecule has 0 saturated heterocycles. The lowest BCUT2D eigenvalue weighted by molar-refractivity contribution is 0.341. The van der Waals surface area contributed by atoms with Gasteiger partial charge in [0.05, 0.1) is 6.04 Å². The molecular formula is C21H25Cl2N. The molecule has 0 aliphatic heterocycles. The molecule has 0 spiro atoms. The van der Waals surface area contributed by atoms with Crippen LogP contribution in [-0.2, 0) is 0 Å². The number of anilines is 1. The van der Waals surface area contributed by atoms with Gasteiger partial charge in [-0.3, -0.25) is 0 Å². The molecule has 0 radical (unpaired) electrons. The van der Waals surface area contributed by atoms with Gasteiger partial charge in [-0.15, -0.1) is 0 Å². The zero-order valence-corrected chi connectivity index (χ0v) is 15.5. The van der Waals surface area contributed by atoms with Crippen molar-refractivity contribution < 1.29 is 0 Å². The molecule has 1 aliphatic carbocycles. The van der Waals surface area contributed by atoms with E-state index in [1.165, 1.54) is 44.9 Å². The van der Waals surface area contributed by atoms with Crippen molar-refractivity contribution in [3.05, 3.63) is 64.1 Å². The molecule has 2 aromatic rings. The van der Waals surface area contributed by atoms with Crippen molar-refractivity contribution in [2.45, 2.75) is 51.0 Å². The zero-order valence-electron chi connectivity index (χ0n) is 14.0. The number of rotatable bonds is 4.